The third kappa shape index (κ3) is 6.35. The number of nitrogens with one attached hydrogen (secondary N) is 3. The van der Waals surface area contributed by atoms with Gasteiger partial charge in [0.2, 0.25) is 5.91 Å². The number of hydrogen-bond acceptors (Lipinski definition) is 3. The van der Waals surface area contributed by atoms with E-state index in [0.717, 1.165) is 24.8 Å². The van der Waals surface area contributed by atoms with Crippen LogP contribution in [0.15, 0.2) is 42.5 Å². The van der Waals surface area contributed by atoms with E-state index >= 15 is 0 Å². The van der Waals surface area contributed by atoms with Crippen molar-refractivity contribution in [1.29, 1.82) is 0 Å². The second-order valence-corrected chi connectivity index (χ2v) is 7.50. The second-order valence-electron chi connectivity index (χ2n) is 7.10. The van der Waals surface area contributed by atoms with Gasteiger partial charge in [0, 0.05) is 24.9 Å². The molecule has 1 aliphatic rings. The Balaban J connectivity index is 1.37. The van der Waals surface area contributed by atoms with E-state index in [1.807, 2.05) is 18.2 Å². The number of hydrazine groups is 1. The van der Waals surface area contributed by atoms with Crippen molar-refractivity contribution < 1.29 is 14.0 Å². The van der Waals surface area contributed by atoms with Crippen LogP contribution < -0.4 is 16.2 Å². The van der Waals surface area contributed by atoms with Crippen molar-refractivity contribution in [3.63, 3.8) is 0 Å². The highest BCUT2D eigenvalue weighted by molar-refractivity contribution is 7.80. The Labute approximate surface area is 175 Å². The lowest BCUT2D eigenvalue weighted by Gasteiger charge is -2.16. The van der Waals surface area contributed by atoms with Gasteiger partial charge in [-0.25, -0.2) is 4.39 Å². The maximum absolute atomic E-state index is 12.9. The SMILES string of the molecule is O=C(CCC(=O)c1ccc2c(c1)CCCC2)NNC(=S)NCc1ccc(F)cc1. The molecule has 0 unspecified atom stereocenters. The molecule has 1 aliphatic carbocycles. The summed E-state index contributed by atoms with van der Waals surface area (Å²) in [5.41, 5.74) is 9.20. The minimum absolute atomic E-state index is 0.0365. The van der Waals surface area contributed by atoms with Gasteiger partial charge in [0.05, 0.1) is 0 Å². The van der Waals surface area contributed by atoms with Gasteiger partial charge in [-0.2, -0.15) is 0 Å². The molecular formula is C22H24FN3O2S. The smallest absolute Gasteiger partial charge is 0.238 e. The van der Waals surface area contributed by atoms with E-state index in [2.05, 4.69) is 16.2 Å². The number of rotatable bonds is 6. The second kappa shape index (κ2) is 10.1. The van der Waals surface area contributed by atoms with Gasteiger partial charge in [-0.3, -0.25) is 20.4 Å². The fourth-order valence-corrected chi connectivity index (χ4v) is 3.42. The van der Waals surface area contributed by atoms with Gasteiger partial charge in [0.25, 0.3) is 0 Å². The Morgan fingerprint density at radius 1 is 0.931 bits per heavy atom. The Morgan fingerprint density at radius 3 is 2.41 bits per heavy atom. The number of halogens is 1. The molecular weight excluding hydrogens is 389 g/mol. The Morgan fingerprint density at radius 2 is 1.66 bits per heavy atom. The maximum Gasteiger partial charge on any atom is 0.238 e. The van der Waals surface area contributed by atoms with Crippen LogP contribution >= 0.6 is 12.2 Å². The lowest BCUT2D eigenvalue weighted by Crippen LogP contribution is -2.46. The quantitative estimate of drug-likeness (QED) is 0.385. The summed E-state index contributed by atoms with van der Waals surface area (Å²) in [4.78, 5) is 24.4. The number of carbonyl (C=O) groups is 2. The summed E-state index contributed by atoms with van der Waals surface area (Å²) in [6.07, 6.45) is 4.67. The fourth-order valence-electron chi connectivity index (χ4n) is 3.30. The van der Waals surface area contributed by atoms with Crippen molar-refractivity contribution in [2.75, 3.05) is 0 Å². The minimum Gasteiger partial charge on any atom is -0.357 e. The van der Waals surface area contributed by atoms with Gasteiger partial charge < -0.3 is 5.32 Å². The van der Waals surface area contributed by atoms with Gasteiger partial charge in [0.1, 0.15) is 5.82 Å². The van der Waals surface area contributed by atoms with Gasteiger partial charge >= 0.3 is 0 Å². The van der Waals surface area contributed by atoms with Gasteiger partial charge in [-0.1, -0.05) is 24.3 Å². The van der Waals surface area contributed by atoms with Crippen LogP contribution in [0.3, 0.4) is 0 Å². The first-order valence-corrected chi connectivity index (χ1v) is 10.1. The molecule has 0 atom stereocenters. The highest BCUT2D eigenvalue weighted by Gasteiger charge is 2.14. The number of hydrogen-bond donors (Lipinski definition) is 3. The molecule has 0 saturated carbocycles. The van der Waals surface area contributed by atoms with Crippen LogP contribution in [0.1, 0.15) is 52.7 Å². The minimum atomic E-state index is -0.317. The van der Waals surface area contributed by atoms with E-state index in [-0.39, 0.29) is 35.5 Å². The van der Waals surface area contributed by atoms with Crippen molar-refractivity contribution in [3.8, 4) is 0 Å². The van der Waals surface area contributed by atoms with E-state index < -0.39 is 0 Å². The van der Waals surface area contributed by atoms with Gasteiger partial charge in [0.15, 0.2) is 10.9 Å². The molecule has 1 amide bonds. The summed E-state index contributed by atoms with van der Waals surface area (Å²) >= 11 is 5.09. The number of amides is 1. The van der Waals surface area contributed by atoms with Gasteiger partial charge in [-0.15, -0.1) is 0 Å². The van der Waals surface area contributed by atoms with Crippen molar-refractivity contribution in [2.45, 2.75) is 45.1 Å². The van der Waals surface area contributed by atoms with Crippen molar-refractivity contribution >= 4 is 29.0 Å². The number of ketones is 1. The number of thiocarbonyl (C=S) groups is 1. The average molecular weight is 414 g/mol. The number of Topliss-reactive ketones (excluding diaryl/α,β-unsaturated/α-hetero) is 1. The molecule has 5 nitrogen and oxygen atoms in total. The Bertz CT molecular complexity index is 899. The molecule has 0 fully saturated rings. The molecule has 0 saturated heterocycles. The van der Waals surface area contributed by atoms with Crippen LogP contribution in [0, 0.1) is 5.82 Å². The zero-order valence-electron chi connectivity index (χ0n) is 16.1. The van der Waals surface area contributed by atoms with Crippen molar-refractivity contribution in [3.05, 3.63) is 70.5 Å². The molecule has 0 bridgehead atoms. The number of carbonyl (C=O) groups excluding carboxylic acids is 2. The van der Waals surface area contributed by atoms with Crippen LogP contribution in [0.2, 0.25) is 0 Å². The zero-order valence-corrected chi connectivity index (χ0v) is 16.9. The summed E-state index contributed by atoms with van der Waals surface area (Å²) in [6, 6.07) is 11.9. The molecule has 0 heterocycles. The molecule has 3 rings (SSSR count). The molecule has 0 aromatic heterocycles. The van der Waals surface area contributed by atoms with Crippen LogP contribution in [0.5, 0.6) is 0 Å². The standard InChI is InChI=1S/C22H24FN3O2S/c23-19-9-5-15(6-10-19)14-24-22(29)26-25-21(28)12-11-20(27)18-8-7-16-3-1-2-4-17(16)13-18/h5-10,13H,1-4,11-12,14H2,(H,25,28)(H2,24,26,29). The molecule has 2 aromatic rings. The first kappa shape index (κ1) is 20.9. The largest absolute Gasteiger partial charge is 0.357 e. The summed E-state index contributed by atoms with van der Waals surface area (Å²) in [7, 11) is 0. The van der Waals surface area contributed by atoms with Crippen molar-refractivity contribution in [1.82, 2.24) is 16.2 Å². The molecule has 152 valence electrons. The molecule has 3 N–H and O–H groups in total. The lowest BCUT2D eigenvalue weighted by atomic mass is 9.89. The van der Waals surface area contributed by atoms with E-state index in [4.69, 9.17) is 12.2 Å². The first-order valence-electron chi connectivity index (χ1n) is 9.73. The Hall–Kier alpha value is -2.80. The fraction of sp³-hybridized carbons (Fsp3) is 0.318. The molecule has 0 aliphatic heterocycles. The molecule has 29 heavy (non-hydrogen) atoms. The monoisotopic (exact) mass is 413 g/mol. The number of aryl methyl sites for hydroxylation is 2. The van der Waals surface area contributed by atoms with E-state index in [9.17, 15) is 14.0 Å². The lowest BCUT2D eigenvalue weighted by molar-refractivity contribution is -0.121. The Kier molecular flexibility index (Phi) is 7.30. The number of benzene rings is 2. The third-order valence-corrected chi connectivity index (χ3v) is 5.18. The summed E-state index contributed by atoms with van der Waals surface area (Å²) < 4.78 is 12.9. The molecule has 2 aromatic carbocycles. The van der Waals surface area contributed by atoms with E-state index in [1.54, 1.807) is 12.1 Å². The summed E-state index contributed by atoms with van der Waals surface area (Å²) in [5.74, 6) is -0.653. The van der Waals surface area contributed by atoms with Crippen molar-refractivity contribution in [2.24, 2.45) is 0 Å². The average Bonchev–Trinajstić information content (AvgIpc) is 2.75. The van der Waals surface area contributed by atoms with E-state index in [0.29, 0.717) is 12.1 Å². The molecule has 7 heteroatoms. The number of fused-ring (bicyclic) bond motifs is 1. The third-order valence-electron chi connectivity index (χ3n) is 4.93. The predicted molar refractivity (Wildman–Crippen MR) is 114 cm³/mol. The summed E-state index contributed by atoms with van der Waals surface area (Å²) in [5, 5.41) is 3.15. The maximum atomic E-state index is 12.9. The predicted octanol–water partition coefficient (Wildman–Crippen LogP) is 3.36. The normalized spacial score (nSPS) is 12.6. The van der Waals surface area contributed by atoms with Crippen LogP contribution in [-0.2, 0) is 24.2 Å². The zero-order chi connectivity index (χ0) is 20.6. The van der Waals surface area contributed by atoms with Crippen LogP contribution in [-0.4, -0.2) is 16.8 Å². The molecule has 0 radical (unpaired) electrons. The molecule has 0 spiro atoms. The highest BCUT2D eigenvalue weighted by atomic mass is 32.1. The van der Waals surface area contributed by atoms with Crippen LogP contribution in [0.25, 0.3) is 0 Å². The summed E-state index contributed by atoms with van der Waals surface area (Å²) in [6.45, 7) is 0.402. The topological polar surface area (TPSA) is 70.2 Å². The van der Waals surface area contributed by atoms with E-state index in [1.165, 1.54) is 29.7 Å². The van der Waals surface area contributed by atoms with Crippen LogP contribution in [0.4, 0.5) is 4.39 Å². The van der Waals surface area contributed by atoms with Gasteiger partial charge in [-0.05, 0) is 72.8 Å². The first-order chi connectivity index (χ1) is 14.0. The highest BCUT2D eigenvalue weighted by Crippen LogP contribution is 2.22.